The predicted molar refractivity (Wildman–Crippen MR) is 206 cm³/mol. The van der Waals surface area contributed by atoms with Gasteiger partial charge in [0.05, 0.1) is 5.41 Å². The van der Waals surface area contributed by atoms with Crippen molar-refractivity contribution in [3.8, 4) is 44.5 Å². The summed E-state index contributed by atoms with van der Waals surface area (Å²) in [5.74, 6) is 0. The van der Waals surface area contributed by atoms with Gasteiger partial charge in [0.1, 0.15) is 0 Å². The van der Waals surface area contributed by atoms with Gasteiger partial charge in [0.2, 0.25) is 0 Å². The zero-order valence-electron chi connectivity index (χ0n) is 27.1. The summed E-state index contributed by atoms with van der Waals surface area (Å²) >= 11 is 0. The van der Waals surface area contributed by atoms with Crippen molar-refractivity contribution >= 4 is 27.6 Å². The molecule has 49 heavy (non-hydrogen) atoms. The Morgan fingerprint density at radius 2 is 0.959 bits per heavy atom. The van der Waals surface area contributed by atoms with E-state index in [4.69, 9.17) is 0 Å². The minimum Gasteiger partial charge on any atom is -0.0836 e. The van der Waals surface area contributed by atoms with Crippen LogP contribution in [0.4, 0.5) is 0 Å². The zero-order chi connectivity index (χ0) is 32.1. The second-order valence-electron chi connectivity index (χ2n) is 13.9. The Morgan fingerprint density at radius 3 is 1.67 bits per heavy atom. The van der Waals surface area contributed by atoms with Crippen LogP contribution in [0, 0.1) is 0 Å². The first-order valence-electron chi connectivity index (χ1n) is 17.5. The molecule has 1 spiro atoms. The number of fused-ring (bicyclic) bond motifs is 14. The lowest BCUT2D eigenvalue weighted by Gasteiger charge is -2.32. The minimum absolute atomic E-state index is 0.420. The van der Waals surface area contributed by atoms with Crippen LogP contribution in [0.15, 0.2) is 164 Å². The minimum atomic E-state index is -0.420. The molecule has 0 saturated carbocycles. The van der Waals surface area contributed by atoms with E-state index in [1.807, 2.05) is 0 Å². The van der Waals surface area contributed by atoms with Gasteiger partial charge >= 0.3 is 0 Å². The average molecular weight is 621 g/mol. The second-order valence-corrected chi connectivity index (χ2v) is 13.9. The highest BCUT2D eigenvalue weighted by atomic mass is 14.5. The van der Waals surface area contributed by atoms with E-state index < -0.39 is 5.41 Å². The summed E-state index contributed by atoms with van der Waals surface area (Å²) in [6, 6.07) is 59.6. The number of hydrogen-bond donors (Lipinski definition) is 0. The monoisotopic (exact) mass is 620 g/mol. The first-order valence-corrected chi connectivity index (χ1v) is 17.5. The Balaban J connectivity index is 1.26. The van der Waals surface area contributed by atoms with Crippen LogP contribution in [-0.4, -0.2) is 0 Å². The molecule has 0 amide bonds. The molecule has 0 aliphatic heterocycles. The Kier molecular flexibility index (Phi) is 5.52. The summed E-state index contributed by atoms with van der Waals surface area (Å²) in [5.41, 5.74) is 18.6. The van der Waals surface area contributed by atoms with E-state index in [9.17, 15) is 0 Å². The molecule has 0 nitrogen and oxygen atoms in total. The third-order valence-electron chi connectivity index (χ3n) is 11.5. The number of benzene rings is 8. The summed E-state index contributed by atoms with van der Waals surface area (Å²) in [4.78, 5) is 0. The van der Waals surface area contributed by atoms with Crippen molar-refractivity contribution in [1.29, 1.82) is 0 Å². The Morgan fingerprint density at radius 1 is 0.388 bits per heavy atom. The maximum absolute atomic E-state index is 2.59. The zero-order valence-corrected chi connectivity index (χ0v) is 27.1. The van der Waals surface area contributed by atoms with E-state index in [-0.39, 0.29) is 0 Å². The van der Waals surface area contributed by atoms with Gasteiger partial charge in [-0.25, -0.2) is 0 Å². The van der Waals surface area contributed by atoms with Crippen molar-refractivity contribution in [2.24, 2.45) is 0 Å². The summed E-state index contributed by atoms with van der Waals surface area (Å²) in [6.07, 6.45) is 6.93. The van der Waals surface area contributed by atoms with Gasteiger partial charge < -0.3 is 0 Å². The standard InChI is InChI=1S/C49H32/c1-3-13-33-27-35(23-21-31(33)11-1)36-25-26-42-46(29-36)49(44-19-9-7-16-39(44)40-17-8-10-20-45(40)49)47-30-43(38-15-5-6-18-41(38)48(42)47)37-24-22-32-12-2-4-14-34(32)28-37/h1-4,6-14,16-30H,5,15H2. The van der Waals surface area contributed by atoms with E-state index in [0.29, 0.717) is 0 Å². The lowest BCUT2D eigenvalue weighted by Crippen LogP contribution is -2.26. The van der Waals surface area contributed by atoms with Crippen molar-refractivity contribution in [1.82, 2.24) is 0 Å². The molecule has 0 aromatic heterocycles. The number of hydrogen-bond acceptors (Lipinski definition) is 0. The molecule has 0 fully saturated rings. The van der Waals surface area contributed by atoms with Crippen LogP contribution in [0.3, 0.4) is 0 Å². The molecular formula is C49H32. The quantitative estimate of drug-likeness (QED) is 0.180. The van der Waals surface area contributed by atoms with Crippen LogP contribution in [0.25, 0.3) is 72.1 Å². The van der Waals surface area contributed by atoms with Gasteiger partial charge in [0.15, 0.2) is 0 Å². The first-order chi connectivity index (χ1) is 24.3. The van der Waals surface area contributed by atoms with Crippen LogP contribution in [0.5, 0.6) is 0 Å². The fourth-order valence-electron chi connectivity index (χ4n) is 9.41. The Hall–Kier alpha value is -5.98. The number of rotatable bonds is 2. The molecule has 0 heterocycles. The molecule has 11 rings (SSSR count). The molecule has 0 atom stereocenters. The van der Waals surface area contributed by atoms with Crippen molar-refractivity contribution in [3.05, 3.63) is 197 Å². The molecule has 0 unspecified atom stereocenters. The predicted octanol–water partition coefficient (Wildman–Crippen LogP) is 12.6. The fourth-order valence-corrected chi connectivity index (χ4v) is 9.41. The molecule has 3 aliphatic rings. The van der Waals surface area contributed by atoms with Crippen LogP contribution < -0.4 is 0 Å². The van der Waals surface area contributed by atoms with E-state index in [2.05, 4.69) is 170 Å². The van der Waals surface area contributed by atoms with Gasteiger partial charge in [-0.3, -0.25) is 0 Å². The third-order valence-corrected chi connectivity index (χ3v) is 11.5. The van der Waals surface area contributed by atoms with E-state index in [1.54, 1.807) is 0 Å². The molecule has 228 valence electrons. The molecule has 0 bridgehead atoms. The van der Waals surface area contributed by atoms with Crippen LogP contribution in [-0.2, 0) is 11.8 Å². The summed E-state index contributed by atoms with van der Waals surface area (Å²) < 4.78 is 0. The SMILES string of the molecule is C1=Cc2c(c(-c3ccc4ccccc4c3)cc3c2-c2ccc(-c4ccc5ccccc5c4)cc2C32c3ccccc3-c3ccccc32)CC1. The van der Waals surface area contributed by atoms with Crippen molar-refractivity contribution in [2.45, 2.75) is 18.3 Å². The van der Waals surface area contributed by atoms with Crippen LogP contribution in [0.1, 0.15) is 39.8 Å². The van der Waals surface area contributed by atoms with Gasteiger partial charge in [-0.15, -0.1) is 0 Å². The fraction of sp³-hybridized carbons (Fsp3) is 0.0612. The smallest absolute Gasteiger partial charge is 0.0726 e. The Bertz CT molecular complexity index is 2670. The topological polar surface area (TPSA) is 0 Å². The molecule has 8 aromatic carbocycles. The highest BCUT2D eigenvalue weighted by molar-refractivity contribution is 6.01. The van der Waals surface area contributed by atoms with Crippen LogP contribution >= 0.6 is 0 Å². The van der Waals surface area contributed by atoms with E-state index >= 15 is 0 Å². The molecular weight excluding hydrogens is 589 g/mol. The third kappa shape index (κ3) is 3.64. The summed E-state index contributed by atoms with van der Waals surface area (Å²) in [7, 11) is 0. The lowest BCUT2D eigenvalue weighted by atomic mass is 9.69. The maximum Gasteiger partial charge on any atom is 0.0726 e. The van der Waals surface area contributed by atoms with Gasteiger partial charge in [-0.2, -0.15) is 0 Å². The molecule has 3 aliphatic carbocycles. The van der Waals surface area contributed by atoms with Gasteiger partial charge in [0, 0.05) is 0 Å². The normalized spacial score (nSPS) is 14.4. The van der Waals surface area contributed by atoms with Gasteiger partial charge in [-0.1, -0.05) is 146 Å². The van der Waals surface area contributed by atoms with Gasteiger partial charge in [-0.05, 0) is 137 Å². The molecule has 0 heteroatoms. The average Bonchev–Trinajstić information content (AvgIpc) is 3.64. The maximum atomic E-state index is 2.59. The highest BCUT2D eigenvalue weighted by Gasteiger charge is 2.52. The van der Waals surface area contributed by atoms with Crippen molar-refractivity contribution in [3.63, 3.8) is 0 Å². The molecule has 0 N–H and O–H groups in total. The first kappa shape index (κ1) is 27.0. The van der Waals surface area contributed by atoms with Crippen molar-refractivity contribution in [2.75, 3.05) is 0 Å². The lowest BCUT2D eigenvalue weighted by molar-refractivity contribution is 0.793. The number of allylic oxidation sites excluding steroid dienone is 1. The second kappa shape index (κ2) is 10.0. The summed E-state index contributed by atoms with van der Waals surface area (Å²) in [5, 5.41) is 5.11. The molecule has 0 saturated heterocycles. The van der Waals surface area contributed by atoms with Crippen LogP contribution in [0.2, 0.25) is 0 Å². The Labute approximate surface area is 286 Å². The van der Waals surface area contributed by atoms with Gasteiger partial charge in [0.25, 0.3) is 0 Å². The molecule has 8 aromatic rings. The highest BCUT2D eigenvalue weighted by Crippen LogP contribution is 2.64. The largest absolute Gasteiger partial charge is 0.0836 e. The van der Waals surface area contributed by atoms with E-state index in [0.717, 1.165) is 12.8 Å². The van der Waals surface area contributed by atoms with Crippen molar-refractivity contribution < 1.29 is 0 Å². The molecule has 0 radical (unpaired) electrons. The summed E-state index contributed by atoms with van der Waals surface area (Å²) in [6.45, 7) is 0. The van der Waals surface area contributed by atoms with E-state index in [1.165, 1.54) is 99.4 Å².